The molecule has 0 saturated carbocycles. The van der Waals surface area contributed by atoms with Gasteiger partial charge in [-0.3, -0.25) is 4.79 Å². The number of hydrogen-bond acceptors (Lipinski definition) is 3. The van der Waals surface area contributed by atoms with Crippen LogP contribution < -0.4 is 0 Å². The number of ether oxygens (including phenoxy) is 1. The fourth-order valence-electron chi connectivity index (χ4n) is 0.506. The SMILES string of the molecule is CCC(C)C(=O)OCCC#N. The molecule has 0 aliphatic heterocycles. The first kappa shape index (κ1) is 9.96. The van der Waals surface area contributed by atoms with Crippen LogP contribution in [0.2, 0.25) is 0 Å². The van der Waals surface area contributed by atoms with Crippen LogP contribution in [0.5, 0.6) is 0 Å². The predicted molar refractivity (Wildman–Crippen MR) is 40.6 cm³/mol. The maximum Gasteiger partial charge on any atom is 0.308 e. The quantitative estimate of drug-likeness (QED) is 0.456. The molecular formula is C8H13NO2. The third-order valence-electron chi connectivity index (χ3n) is 1.47. The molecule has 3 nitrogen and oxygen atoms in total. The van der Waals surface area contributed by atoms with Gasteiger partial charge < -0.3 is 4.74 Å². The summed E-state index contributed by atoms with van der Waals surface area (Å²) in [4.78, 5) is 10.9. The summed E-state index contributed by atoms with van der Waals surface area (Å²) in [6.07, 6.45) is 1.06. The van der Waals surface area contributed by atoms with Crippen molar-refractivity contribution in [2.45, 2.75) is 26.7 Å². The van der Waals surface area contributed by atoms with Gasteiger partial charge in [0.05, 0.1) is 18.4 Å². The summed E-state index contributed by atoms with van der Waals surface area (Å²) in [5.41, 5.74) is 0. The Kier molecular flexibility index (Phi) is 5.18. The Morgan fingerprint density at radius 1 is 1.73 bits per heavy atom. The third-order valence-corrected chi connectivity index (χ3v) is 1.47. The van der Waals surface area contributed by atoms with Gasteiger partial charge in [-0.15, -0.1) is 0 Å². The standard InChI is InChI=1S/C8H13NO2/c1-3-7(2)8(10)11-6-4-5-9/h7H,3-4,6H2,1-2H3. The zero-order chi connectivity index (χ0) is 8.69. The van der Waals surface area contributed by atoms with E-state index in [2.05, 4.69) is 0 Å². The van der Waals surface area contributed by atoms with Crippen molar-refractivity contribution >= 4 is 5.97 Å². The monoisotopic (exact) mass is 155 g/mol. The van der Waals surface area contributed by atoms with E-state index < -0.39 is 0 Å². The van der Waals surface area contributed by atoms with E-state index in [-0.39, 0.29) is 24.9 Å². The lowest BCUT2D eigenvalue weighted by molar-refractivity contribution is -0.147. The Labute approximate surface area is 67.0 Å². The Morgan fingerprint density at radius 2 is 2.36 bits per heavy atom. The molecule has 1 atom stereocenters. The van der Waals surface area contributed by atoms with E-state index in [1.54, 1.807) is 0 Å². The lowest BCUT2D eigenvalue weighted by Crippen LogP contribution is -2.14. The van der Waals surface area contributed by atoms with Gasteiger partial charge in [0.2, 0.25) is 0 Å². The van der Waals surface area contributed by atoms with E-state index in [4.69, 9.17) is 10.00 Å². The molecule has 0 spiro atoms. The van der Waals surface area contributed by atoms with E-state index in [1.165, 1.54) is 0 Å². The molecule has 1 unspecified atom stereocenters. The molecule has 0 saturated heterocycles. The highest BCUT2D eigenvalue weighted by molar-refractivity contribution is 5.71. The van der Waals surface area contributed by atoms with E-state index in [0.29, 0.717) is 0 Å². The molecule has 0 fully saturated rings. The van der Waals surface area contributed by atoms with Gasteiger partial charge >= 0.3 is 5.97 Å². The molecule has 62 valence electrons. The summed E-state index contributed by atoms with van der Waals surface area (Å²) in [5.74, 6) is -0.253. The molecule has 0 aliphatic carbocycles. The molecule has 0 radical (unpaired) electrons. The Balaban J connectivity index is 3.46. The fraction of sp³-hybridized carbons (Fsp3) is 0.750. The van der Waals surface area contributed by atoms with Gasteiger partial charge in [-0.2, -0.15) is 5.26 Å². The molecule has 0 aromatic carbocycles. The van der Waals surface area contributed by atoms with Gasteiger partial charge in [-0.1, -0.05) is 13.8 Å². The van der Waals surface area contributed by atoms with Gasteiger partial charge in [0.25, 0.3) is 0 Å². The summed E-state index contributed by atoms with van der Waals surface area (Å²) in [6, 6.07) is 1.90. The Morgan fingerprint density at radius 3 is 2.82 bits per heavy atom. The van der Waals surface area contributed by atoms with Crippen molar-refractivity contribution in [2.24, 2.45) is 5.92 Å². The van der Waals surface area contributed by atoms with Crippen molar-refractivity contribution in [2.75, 3.05) is 6.61 Å². The first-order valence-electron chi connectivity index (χ1n) is 3.76. The molecule has 0 amide bonds. The van der Waals surface area contributed by atoms with Gasteiger partial charge in [0, 0.05) is 0 Å². The van der Waals surface area contributed by atoms with Gasteiger partial charge in [-0.05, 0) is 6.42 Å². The van der Waals surface area contributed by atoms with Crippen molar-refractivity contribution in [3.05, 3.63) is 0 Å². The minimum Gasteiger partial charge on any atom is -0.464 e. The molecule has 0 aromatic rings. The lowest BCUT2D eigenvalue weighted by atomic mass is 10.1. The summed E-state index contributed by atoms with van der Waals surface area (Å²) in [7, 11) is 0. The van der Waals surface area contributed by atoms with Crippen LogP contribution in [0.4, 0.5) is 0 Å². The zero-order valence-corrected chi connectivity index (χ0v) is 6.96. The van der Waals surface area contributed by atoms with E-state index >= 15 is 0 Å². The van der Waals surface area contributed by atoms with Crippen molar-refractivity contribution < 1.29 is 9.53 Å². The number of carbonyl (C=O) groups excluding carboxylic acids is 1. The topological polar surface area (TPSA) is 50.1 Å². The zero-order valence-electron chi connectivity index (χ0n) is 6.96. The number of nitrogens with zero attached hydrogens (tertiary/aromatic N) is 1. The van der Waals surface area contributed by atoms with Crippen molar-refractivity contribution in [1.82, 2.24) is 0 Å². The molecular weight excluding hydrogens is 142 g/mol. The molecule has 0 heterocycles. The number of carbonyl (C=O) groups is 1. The van der Waals surface area contributed by atoms with Gasteiger partial charge in [-0.25, -0.2) is 0 Å². The molecule has 3 heteroatoms. The summed E-state index contributed by atoms with van der Waals surface area (Å²) in [5, 5.41) is 8.13. The average Bonchev–Trinajstić information content (AvgIpc) is 2.03. The first-order valence-corrected chi connectivity index (χ1v) is 3.76. The maximum absolute atomic E-state index is 10.9. The number of nitriles is 1. The third kappa shape index (κ3) is 4.38. The van der Waals surface area contributed by atoms with Crippen LogP contribution in [0, 0.1) is 17.2 Å². The van der Waals surface area contributed by atoms with E-state index in [1.807, 2.05) is 19.9 Å². The molecule has 0 bridgehead atoms. The van der Waals surface area contributed by atoms with Gasteiger partial charge in [0.15, 0.2) is 0 Å². The molecule has 0 N–H and O–H groups in total. The van der Waals surface area contributed by atoms with E-state index in [0.717, 1.165) is 6.42 Å². The van der Waals surface area contributed by atoms with Crippen molar-refractivity contribution in [3.63, 3.8) is 0 Å². The first-order chi connectivity index (χ1) is 5.22. The summed E-state index contributed by atoms with van der Waals surface area (Å²) in [6.45, 7) is 3.96. The summed E-state index contributed by atoms with van der Waals surface area (Å²) < 4.78 is 4.77. The molecule has 11 heavy (non-hydrogen) atoms. The maximum atomic E-state index is 10.9. The van der Waals surface area contributed by atoms with E-state index in [9.17, 15) is 4.79 Å². The highest BCUT2D eigenvalue weighted by Gasteiger charge is 2.10. The molecule has 0 aromatic heterocycles. The highest BCUT2D eigenvalue weighted by atomic mass is 16.5. The summed E-state index contributed by atoms with van der Waals surface area (Å²) >= 11 is 0. The second-order valence-corrected chi connectivity index (χ2v) is 2.38. The van der Waals surface area contributed by atoms with Crippen LogP contribution in [0.3, 0.4) is 0 Å². The Hall–Kier alpha value is -1.04. The molecule has 0 rings (SSSR count). The smallest absolute Gasteiger partial charge is 0.308 e. The van der Waals surface area contributed by atoms with Gasteiger partial charge in [0.1, 0.15) is 6.61 Å². The lowest BCUT2D eigenvalue weighted by Gasteiger charge is -2.06. The minimum atomic E-state index is -0.206. The average molecular weight is 155 g/mol. The normalized spacial score (nSPS) is 11.7. The van der Waals surface area contributed by atoms with Crippen LogP contribution in [0.1, 0.15) is 26.7 Å². The van der Waals surface area contributed by atoms with Crippen LogP contribution >= 0.6 is 0 Å². The highest BCUT2D eigenvalue weighted by Crippen LogP contribution is 2.02. The van der Waals surface area contributed by atoms with Crippen LogP contribution in [0.25, 0.3) is 0 Å². The van der Waals surface area contributed by atoms with Crippen LogP contribution in [-0.4, -0.2) is 12.6 Å². The predicted octanol–water partition coefficient (Wildman–Crippen LogP) is 1.49. The van der Waals surface area contributed by atoms with Crippen molar-refractivity contribution in [1.29, 1.82) is 5.26 Å². The second kappa shape index (κ2) is 5.72. The number of hydrogen-bond donors (Lipinski definition) is 0. The second-order valence-electron chi connectivity index (χ2n) is 2.38. The number of rotatable bonds is 4. The fourth-order valence-corrected chi connectivity index (χ4v) is 0.506. The van der Waals surface area contributed by atoms with Crippen LogP contribution in [-0.2, 0) is 9.53 Å². The van der Waals surface area contributed by atoms with Crippen LogP contribution in [0.15, 0.2) is 0 Å². The minimum absolute atomic E-state index is 0.0475. The largest absolute Gasteiger partial charge is 0.464 e. The van der Waals surface area contributed by atoms with Crippen molar-refractivity contribution in [3.8, 4) is 6.07 Å². The number of esters is 1. The Bertz CT molecular complexity index is 160. The molecule has 0 aliphatic rings.